The molecule has 0 amide bonds. The zero-order valence-corrected chi connectivity index (χ0v) is 12.4. The second-order valence-electron chi connectivity index (χ2n) is 6.54. The third kappa shape index (κ3) is 2.30. The number of aliphatic hydroxyl groups excluding tert-OH is 1. The molecule has 3 heteroatoms. The molecular weight excluding hydrogens is 264 g/mol. The maximum Gasteiger partial charge on any atom is 0.311 e. The Morgan fingerprint density at radius 3 is 2.24 bits per heavy atom. The number of hydrogen-bond donors (Lipinski definition) is 1. The number of methoxy groups -OCH3 is 1. The van der Waals surface area contributed by atoms with Crippen LogP contribution in [0.1, 0.15) is 25.7 Å². The summed E-state index contributed by atoms with van der Waals surface area (Å²) in [6.07, 6.45) is 20.6. The number of ether oxygens (including phenoxy) is 1. The first-order valence-electron chi connectivity index (χ1n) is 7.53. The monoisotopic (exact) mass is 286 g/mol. The molecule has 0 saturated heterocycles. The number of rotatable bonds is 3. The summed E-state index contributed by atoms with van der Waals surface area (Å²) in [5, 5.41) is 9.23. The molecule has 0 aliphatic heterocycles. The van der Waals surface area contributed by atoms with Crippen LogP contribution in [-0.2, 0) is 9.53 Å². The second-order valence-corrected chi connectivity index (χ2v) is 6.54. The standard InChI is InChI=1S/C18H22O3/c1-21-15(20)18(11-12-19)13-17(14-18)9-7-16(8-10-17)5-3-2-4-6-16/h3-10,19H,2,11-14H2,1H3. The molecule has 0 aromatic heterocycles. The van der Waals surface area contributed by atoms with E-state index in [1.807, 2.05) is 0 Å². The third-order valence-corrected chi connectivity index (χ3v) is 5.04. The van der Waals surface area contributed by atoms with Gasteiger partial charge in [-0.2, -0.15) is 0 Å². The van der Waals surface area contributed by atoms with Crippen LogP contribution in [-0.4, -0.2) is 24.8 Å². The summed E-state index contributed by atoms with van der Waals surface area (Å²) in [4.78, 5) is 12.0. The summed E-state index contributed by atoms with van der Waals surface area (Å²) in [6.45, 7) is 0.0218. The zero-order chi connectivity index (χ0) is 15.0. The van der Waals surface area contributed by atoms with Gasteiger partial charge < -0.3 is 9.84 Å². The average Bonchev–Trinajstić information content (AvgIpc) is 2.48. The van der Waals surface area contributed by atoms with Crippen molar-refractivity contribution in [2.45, 2.75) is 25.7 Å². The Morgan fingerprint density at radius 2 is 1.71 bits per heavy atom. The van der Waals surface area contributed by atoms with Crippen LogP contribution >= 0.6 is 0 Å². The van der Waals surface area contributed by atoms with Crippen LogP contribution in [0.2, 0.25) is 0 Å². The van der Waals surface area contributed by atoms with Crippen LogP contribution in [0.15, 0.2) is 48.6 Å². The van der Waals surface area contributed by atoms with Crippen LogP contribution in [0.3, 0.4) is 0 Å². The van der Waals surface area contributed by atoms with E-state index < -0.39 is 5.41 Å². The minimum atomic E-state index is -0.513. The van der Waals surface area contributed by atoms with Crippen molar-refractivity contribution in [3.63, 3.8) is 0 Å². The molecule has 3 rings (SSSR count). The number of carbonyl (C=O) groups excluding carboxylic acids is 1. The van der Waals surface area contributed by atoms with Gasteiger partial charge in [-0.05, 0) is 25.7 Å². The van der Waals surface area contributed by atoms with Gasteiger partial charge in [-0.3, -0.25) is 4.79 Å². The maximum absolute atomic E-state index is 12.0. The highest BCUT2D eigenvalue weighted by Gasteiger charge is 2.57. The number of carbonyl (C=O) groups is 1. The summed E-state index contributed by atoms with van der Waals surface area (Å²) < 4.78 is 4.93. The summed E-state index contributed by atoms with van der Waals surface area (Å²) >= 11 is 0. The highest BCUT2D eigenvalue weighted by atomic mass is 16.5. The van der Waals surface area contributed by atoms with E-state index in [0.29, 0.717) is 6.42 Å². The van der Waals surface area contributed by atoms with Crippen molar-refractivity contribution < 1.29 is 14.6 Å². The van der Waals surface area contributed by atoms with Crippen LogP contribution in [0.5, 0.6) is 0 Å². The van der Waals surface area contributed by atoms with Gasteiger partial charge in [0.25, 0.3) is 0 Å². The van der Waals surface area contributed by atoms with Gasteiger partial charge in [0.15, 0.2) is 0 Å². The number of allylic oxidation sites excluding steroid dienone is 8. The van der Waals surface area contributed by atoms with Crippen LogP contribution in [0.25, 0.3) is 0 Å². The lowest BCUT2D eigenvalue weighted by atomic mass is 9.50. The second kappa shape index (κ2) is 4.99. The minimum absolute atomic E-state index is 0.0218. The van der Waals surface area contributed by atoms with Crippen molar-refractivity contribution in [2.75, 3.05) is 13.7 Å². The van der Waals surface area contributed by atoms with E-state index in [1.54, 1.807) is 0 Å². The lowest BCUT2D eigenvalue weighted by Gasteiger charge is -2.53. The molecule has 3 aliphatic carbocycles. The lowest BCUT2D eigenvalue weighted by molar-refractivity contribution is -0.166. The molecule has 0 aromatic carbocycles. The van der Waals surface area contributed by atoms with Gasteiger partial charge >= 0.3 is 5.97 Å². The molecule has 3 nitrogen and oxygen atoms in total. The molecule has 0 heterocycles. The van der Waals surface area contributed by atoms with E-state index in [0.717, 1.165) is 19.3 Å². The van der Waals surface area contributed by atoms with Crippen molar-refractivity contribution in [2.24, 2.45) is 16.2 Å². The molecule has 1 N–H and O–H groups in total. The Morgan fingerprint density at radius 1 is 1.10 bits per heavy atom. The summed E-state index contributed by atoms with van der Waals surface area (Å²) in [6, 6.07) is 0. The molecule has 0 bridgehead atoms. The summed E-state index contributed by atoms with van der Waals surface area (Å²) in [5.74, 6) is -0.193. The van der Waals surface area contributed by atoms with E-state index >= 15 is 0 Å². The van der Waals surface area contributed by atoms with Crippen LogP contribution in [0, 0.1) is 16.2 Å². The van der Waals surface area contributed by atoms with E-state index in [9.17, 15) is 9.90 Å². The van der Waals surface area contributed by atoms with E-state index in [-0.39, 0.29) is 23.4 Å². The third-order valence-electron chi connectivity index (χ3n) is 5.04. The Balaban J connectivity index is 1.76. The Bertz CT molecular complexity index is 515. The fourth-order valence-electron chi connectivity index (χ4n) is 3.93. The fraction of sp³-hybridized carbons (Fsp3) is 0.500. The summed E-state index contributed by atoms with van der Waals surface area (Å²) in [7, 11) is 1.42. The fourth-order valence-corrected chi connectivity index (χ4v) is 3.93. The SMILES string of the molecule is COC(=O)C1(CCO)CC2(C=CC3(C=CCC=C3)C=C2)C1. The molecule has 1 saturated carbocycles. The number of esters is 1. The molecule has 0 aromatic rings. The van der Waals surface area contributed by atoms with E-state index in [4.69, 9.17) is 4.74 Å². The van der Waals surface area contributed by atoms with E-state index in [2.05, 4.69) is 48.6 Å². The molecule has 21 heavy (non-hydrogen) atoms. The quantitative estimate of drug-likeness (QED) is 0.641. The van der Waals surface area contributed by atoms with Crippen molar-refractivity contribution in [3.05, 3.63) is 48.6 Å². The van der Waals surface area contributed by atoms with Gasteiger partial charge in [-0.1, -0.05) is 48.6 Å². The smallest absolute Gasteiger partial charge is 0.311 e. The largest absolute Gasteiger partial charge is 0.469 e. The van der Waals surface area contributed by atoms with Gasteiger partial charge in [0.2, 0.25) is 0 Å². The van der Waals surface area contributed by atoms with Crippen molar-refractivity contribution in [3.8, 4) is 0 Å². The first kappa shape index (κ1) is 14.3. The highest BCUT2D eigenvalue weighted by Crippen LogP contribution is 2.60. The summed E-state index contributed by atoms with van der Waals surface area (Å²) in [5.41, 5.74) is -0.640. The Labute approximate surface area is 125 Å². The Kier molecular flexibility index (Phi) is 3.40. The molecule has 3 aliphatic rings. The molecule has 0 radical (unpaired) electrons. The first-order valence-corrected chi connectivity index (χ1v) is 7.53. The van der Waals surface area contributed by atoms with Gasteiger partial charge in [0, 0.05) is 17.4 Å². The normalized spacial score (nSPS) is 26.0. The lowest BCUT2D eigenvalue weighted by Crippen LogP contribution is -2.51. The zero-order valence-electron chi connectivity index (χ0n) is 12.4. The average molecular weight is 286 g/mol. The highest BCUT2D eigenvalue weighted by molar-refractivity contribution is 5.79. The van der Waals surface area contributed by atoms with Crippen molar-refractivity contribution in [1.82, 2.24) is 0 Å². The molecule has 0 unspecified atom stereocenters. The van der Waals surface area contributed by atoms with E-state index in [1.165, 1.54) is 7.11 Å². The van der Waals surface area contributed by atoms with Gasteiger partial charge in [-0.15, -0.1) is 0 Å². The molecular formula is C18H22O3. The van der Waals surface area contributed by atoms with Gasteiger partial charge in [-0.25, -0.2) is 0 Å². The number of aliphatic hydroxyl groups is 1. The molecule has 2 spiro atoms. The molecule has 112 valence electrons. The maximum atomic E-state index is 12.0. The minimum Gasteiger partial charge on any atom is -0.469 e. The van der Waals surface area contributed by atoms with Gasteiger partial charge in [0.05, 0.1) is 12.5 Å². The molecule has 1 fully saturated rings. The predicted molar refractivity (Wildman–Crippen MR) is 81.4 cm³/mol. The van der Waals surface area contributed by atoms with Crippen molar-refractivity contribution >= 4 is 5.97 Å². The van der Waals surface area contributed by atoms with Crippen LogP contribution < -0.4 is 0 Å². The van der Waals surface area contributed by atoms with Gasteiger partial charge in [0.1, 0.15) is 0 Å². The number of hydrogen-bond acceptors (Lipinski definition) is 3. The topological polar surface area (TPSA) is 46.5 Å². The molecule has 0 atom stereocenters. The van der Waals surface area contributed by atoms with Crippen LogP contribution in [0.4, 0.5) is 0 Å². The van der Waals surface area contributed by atoms with Crippen molar-refractivity contribution in [1.29, 1.82) is 0 Å². The predicted octanol–water partition coefficient (Wildman–Crippen LogP) is 2.94. The first-order chi connectivity index (χ1) is 10.1. The Hall–Kier alpha value is -1.61.